The number of anilines is 1. The lowest BCUT2D eigenvalue weighted by molar-refractivity contribution is 0.0592. The summed E-state index contributed by atoms with van der Waals surface area (Å²) < 4.78 is 10.2. The van der Waals surface area contributed by atoms with E-state index in [-0.39, 0.29) is 23.6 Å². The van der Waals surface area contributed by atoms with Gasteiger partial charge in [-0.1, -0.05) is 0 Å². The summed E-state index contributed by atoms with van der Waals surface area (Å²) in [5.74, 6) is 0.693. The molecule has 172 valence electrons. The lowest BCUT2D eigenvalue weighted by atomic mass is 9.98. The summed E-state index contributed by atoms with van der Waals surface area (Å²) in [6.45, 7) is 2.51. The summed E-state index contributed by atoms with van der Waals surface area (Å²) in [6, 6.07) is 5.21. The highest BCUT2D eigenvalue weighted by Gasteiger charge is 2.33. The van der Waals surface area contributed by atoms with Crippen molar-refractivity contribution in [3.8, 4) is 17.1 Å². The number of esters is 1. The Morgan fingerprint density at radius 1 is 1.12 bits per heavy atom. The van der Waals surface area contributed by atoms with Crippen LogP contribution in [-0.4, -0.2) is 64.6 Å². The maximum absolute atomic E-state index is 13.5. The van der Waals surface area contributed by atoms with Crippen LogP contribution in [0.4, 0.5) is 5.82 Å². The number of nitrogens with zero attached hydrogens (tertiary/aromatic N) is 4. The molecule has 3 aromatic heterocycles. The molecule has 0 aliphatic carbocycles. The predicted molar refractivity (Wildman–Crippen MR) is 125 cm³/mol. The standard InChI is InChI=1S/C23H25N5O4S/c1-14-5-6-15(27-21-18(23(30)32-3)17(31-2)7-11-26-21)13-28(14)22(29)19-16(8-12-33-19)20-24-9-4-10-25-20/h4,7-12,14-15H,5-6,13H2,1-3H3,(H,26,27)/t14-,15-/m1/s1. The van der Waals surface area contributed by atoms with Crippen LogP contribution in [0.2, 0.25) is 0 Å². The van der Waals surface area contributed by atoms with E-state index in [0.29, 0.717) is 28.8 Å². The molecule has 33 heavy (non-hydrogen) atoms. The number of thiophene rings is 1. The molecule has 2 atom stereocenters. The number of rotatable bonds is 6. The minimum Gasteiger partial charge on any atom is -0.496 e. The van der Waals surface area contributed by atoms with Crippen LogP contribution in [0.25, 0.3) is 11.4 Å². The second-order valence-electron chi connectivity index (χ2n) is 7.69. The first kappa shape index (κ1) is 22.7. The van der Waals surface area contributed by atoms with Crippen LogP contribution in [0.5, 0.6) is 5.75 Å². The van der Waals surface area contributed by atoms with Crippen molar-refractivity contribution in [2.75, 3.05) is 26.1 Å². The largest absolute Gasteiger partial charge is 0.496 e. The van der Waals surface area contributed by atoms with Crippen LogP contribution in [0, 0.1) is 0 Å². The van der Waals surface area contributed by atoms with Crippen LogP contribution >= 0.6 is 11.3 Å². The van der Waals surface area contributed by atoms with Gasteiger partial charge in [-0.15, -0.1) is 11.3 Å². The minimum atomic E-state index is -0.536. The molecule has 4 rings (SSSR count). The summed E-state index contributed by atoms with van der Waals surface area (Å²) in [4.78, 5) is 41.3. The monoisotopic (exact) mass is 467 g/mol. The van der Waals surface area contributed by atoms with Gasteiger partial charge < -0.3 is 19.7 Å². The van der Waals surface area contributed by atoms with Crippen molar-refractivity contribution in [2.45, 2.75) is 31.8 Å². The Labute approximate surface area is 195 Å². The number of carbonyl (C=O) groups excluding carboxylic acids is 2. The zero-order chi connectivity index (χ0) is 23.4. The lowest BCUT2D eigenvalue weighted by Gasteiger charge is -2.38. The zero-order valence-electron chi connectivity index (χ0n) is 18.6. The molecule has 1 amide bonds. The molecule has 9 nitrogen and oxygen atoms in total. The SMILES string of the molecule is COC(=O)c1c(OC)ccnc1N[C@@H]1CC[C@@H](C)N(C(=O)c2sccc2-c2ncccn2)C1. The highest BCUT2D eigenvalue weighted by Crippen LogP contribution is 2.31. The molecule has 4 heterocycles. The number of pyridine rings is 1. The number of likely N-dealkylation sites (tertiary alicyclic amines) is 1. The van der Waals surface area contributed by atoms with Crippen molar-refractivity contribution in [3.05, 3.63) is 52.6 Å². The molecule has 0 bridgehead atoms. The number of piperidine rings is 1. The van der Waals surface area contributed by atoms with E-state index >= 15 is 0 Å². The van der Waals surface area contributed by atoms with Crippen LogP contribution in [-0.2, 0) is 4.74 Å². The lowest BCUT2D eigenvalue weighted by Crippen LogP contribution is -2.49. The Morgan fingerprint density at radius 3 is 2.64 bits per heavy atom. The van der Waals surface area contributed by atoms with Crippen molar-refractivity contribution < 1.29 is 19.1 Å². The van der Waals surface area contributed by atoms with Crippen molar-refractivity contribution in [1.29, 1.82) is 0 Å². The molecule has 0 saturated carbocycles. The molecule has 1 aliphatic heterocycles. The van der Waals surface area contributed by atoms with Crippen LogP contribution in [0.15, 0.2) is 42.2 Å². The van der Waals surface area contributed by atoms with E-state index < -0.39 is 5.97 Å². The second kappa shape index (κ2) is 9.95. The summed E-state index contributed by atoms with van der Waals surface area (Å²) in [5, 5.41) is 5.21. The topological polar surface area (TPSA) is 107 Å². The molecule has 1 saturated heterocycles. The van der Waals surface area contributed by atoms with Crippen molar-refractivity contribution >= 4 is 29.0 Å². The first-order chi connectivity index (χ1) is 16.0. The molecule has 1 fully saturated rings. The Balaban J connectivity index is 1.57. The number of aromatic nitrogens is 3. The molecular weight excluding hydrogens is 442 g/mol. The molecule has 0 spiro atoms. The maximum atomic E-state index is 13.5. The minimum absolute atomic E-state index is 0.0572. The number of hydrogen-bond donors (Lipinski definition) is 1. The smallest absolute Gasteiger partial charge is 0.345 e. The molecule has 0 unspecified atom stereocenters. The summed E-state index contributed by atoms with van der Waals surface area (Å²) in [7, 11) is 2.81. The van der Waals surface area contributed by atoms with Gasteiger partial charge in [-0.2, -0.15) is 0 Å². The molecule has 3 aromatic rings. The third-order valence-corrected chi connectivity index (χ3v) is 6.57. The van der Waals surface area contributed by atoms with Crippen LogP contribution in [0.1, 0.15) is 39.8 Å². The maximum Gasteiger partial charge on any atom is 0.345 e. The number of hydrogen-bond acceptors (Lipinski definition) is 9. The normalized spacial score (nSPS) is 18.0. The van der Waals surface area contributed by atoms with Gasteiger partial charge in [-0.3, -0.25) is 4.79 Å². The summed E-state index contributed by atoms with van der Waals surface area (Å²) >= 11 is 1.39. The third kappa shape index (κ3) is 4.65. The van der Waals surface area contributed by atoms with Crippen molar-refractivity contribution in [1.82, 2.24) is 19.9 Å². The van der Waals surface area contributed by atoms with Crippen LogP contribution in [0.3, 0.4) is 0 Å². The number of carbonyl (C=O) groups is 2. The van der Waals surface area contributed by atoms with E-state index in [9.17, 15) is 9.59 Å². The van der Waals surface area contributed by atoms with E-state index in [1.165, 1.54) is 25.6 Å². The Bertz CT molecular complexity index is 1140. The molecule has 0 aromatic carbocycles. The molecule has 1 aliphatic rings. The number of nitrogens with one attached hydrogen (secondary N) is 1. The van der Waals surface area contributed by atoms with Gasteiger partial charge in [0.25, 0.3) is 5.91 Å². The van der Waals surface area contributed by atoms with E-state index in [2.05, 4.69) is 20.3 Å². The highest BCUT2D eigenvalue weighted by atomic mass is 32.1. The van der Waals surface area contributed by atoms with Gasteiger partial charge in [0, 0.05) is 42.8 Å². The third-order valence-electron chi connectivity index (χ3n) is 5.67. The van der Waals surface area contributed by atoms with Crippen molar-refractivity contribution in [3.63, 3.8) is 0 Å². The molecule has 1 N–H and O–H groups in total. The average Bonchev–Trinajstić information content (AvgIpc) is 3.34. The van der Waals surface area contributed by atoms with Gasteiger partial charge in [0.1, 0.15) is 22.0 Å². The Kier molecular flexibility index (Phi) is 6.83. The fourth-order valence-corrected chi connectivity index (χ4v) is 4.79. The predicted octanol–water partition coefficient (Wildman–Crippen LogP) is 3.50. The number of methoxy groups -OCH3 is 2. The molecular formula is C23H25N5O4S. The van der Waals surface area contributed by atoms with Gasteiger partial charge in [0.15, 0.2) is 5.82 Å². The van der Waals surface area contributed by atoms with Crippen LogP contribution < -0.4 is 10.1 Å². The fourth-order valence-electron chi connectivity index (χ4n) is 3.94. The van der Waals surface area contributed by atoms with E-state index in [0.717, 1.165) is 18.4 Å². The van der Waals surface area contributed by atoms with E-state index in [1.807, 2.05) is 23.3 Å². The van der Waals surface area contributed by atoms with Gasteiger partial charge in [-0.05, 0) is 43.3 Å². The van der Waals surface area contributed by atoms with Gasteiger partial charge in [0.05, 0.1) is 14.2 Å². The zero-order valence-corrected chi connectivity index (χ0v) is 19.5. The summed E-state index contributed by atoms with van der Waals surface area (Å²) in [6.07, 6.45) is 6.53. The molecule has 10 heteroatoms. The van der Waals surface area contributed by atoms with Gasteiger partial charge in [-0.25, -0.2) is 19.7 Å². The first-order valence-electron chi connectivity index (χ1n) is 10.6. The number of amides is 1. The summed E-state index contributed by atoms with van der Waals surface area (Å²) in [5.41, 5.74) is 0.969. The molecule has 0 radical (unpaired) electrons. The van der Waals surface area contributed by atoms with E-state index in [1.54, 1.807) is 30.7 Å². The average molecular weight is 468 g/mol. The highest BCUT2D eigenvalue weighted by molar-refractivity contribution is 7.12. The quantitative estimate of drug-likeness (QED) is 0.549. The van der Waals surface area contributed by atoms with Gasteiger partial charge >= 0.3 is 5.97 Å². The fraction of sp³-hybridized carbons (Fsp3) is 0.348. The van der Waals surface area contributed by atoms with Gasteiger partial charge in [0.2, 0.25) is 0 Å². The first-order valence-corrected chi connectivity index (χ1v) is 11.4. The van der Waals surface area contributed by atoms with Crippen molar-refractivity contribution in [2.24, 2.45) is 0 Å². The van der Waals surface area contributed by atoms with E-state index in [4.69, 9.17) is 9.47 Å². The Morgan fingerprint density at radius 2 is 1.91 bits per heavy atom. The Hall–Kier alpha value is -3.53. The second-order valence-corrected chi connectivity index (χ2v) is 8.61. The number of ether oxygens (including phenoxy) is 2.